The third-order valence-electron chi connectivity index (χ3n) is 5.55. The van der Waals surface area contributed by atoms with E-state index in [2.05, 4.69) is 28.6 Å². The summed E-state index contributed by atoms with van der Waals surface area (Å²) in [5.41, 5.74) is 2.73. The number of aryl methyl sites for hydroxylation is 1. The molecule has 164 valence electrons. The molecule has 0 bridgehead atoms. The number of hydrogen-bond donors (Lipinski definition) is 0. The zero-order chi connectivity index (χ0) is 22.1. The van der Waals surface area contributed by atoms with E-state index in [1.165, 1.54) is 11.8 Å². The molecular formula is C23H28N4O3S. The lowest BCUT2D eigenvalue weighted by atomic mass is 10.2. The number of Topliss-reactive ketones (excluding diaryl/α,β-unsaturated/α-hetero) is 1. The summed E-state index contributed by atoms with van der Waals surface area (Å²) >= 11 is 1.43. The van der Waals surface area contributed by atoms with Gasteiger partial charge in [-0.3, -0.25) is 4.79 Å². The van der Waals surface area contributed by atoms with Gasteiger partial charge in [-0.2, -0.15) is 0 Å². The molecule has 1 unspecified atom stereocenters. The van der Waals surface area contributed by atoms with Crippen LogP contribution in [0.15, 0.2) is 35.5 Å². The fraction of sp³-hybridized carbons (Fsp3) is 0.435. The van der Waals surface area contributed by atoms with Crippen molar-refractivity contribution in [3.05, 3.63) is 53.1 Å². The third-order valence-corrected chi connectivity index (χ3v) is 6.57. The first kappa shape index (κ1) is 21.5. The molecule has 8 heteroatoms. The van der Waals surface area contributed by atoms with Crippen LogP contribution in [-0.4, -0.2) is 43.6 Å². The van der Waals surface area contributed by atoms with Crippen molar-refractivity contribution in [1.82, 2.24) is 19.3 Å². The van der Waals surface area contributed by atoms with Crippen LogP contribution in [0.2, 0.25) is 0 Å². The first-order valence-electron chi connectivity index (χ1n) is 10.5. The van der Waals surface area contributed by atoms with E-state index in [9.17, 15) is 4.79 Å². The summed E-state index contributed by atoms with van der Waals surface area (Å²) in [4.78, 5) is 13.0. The first-order chi connectivity index (χ1) is 14.8. The Morgan fingerprint density at radius 2 is 1.97 bits per heavy atom. The molecule has 1 aliphatic heterocycles. The second-order valence-corrected chi connectivity index (χ2v) is 9.10. The highest BCUT2D eigenvalue weighted by Gasteiger charge is 2.24. The number of ketones is 1. The maximum absolute atomic E-state index is 13.0. The van der Waals surface area contributed by atoms with Gasteiger partial charge in [0.15, 0.2) is 28.5 Å². The fourth-order valence-electron chi connectivity index (χ4n) is 3.88. The minimum atomic E-state index is -0.106. The summed E-state index contributed by atoms with van der Waals surface area (Å²) in [7, 11) is 1.94. The lowest BCUT2D eigenvalue weighted by Gasteiger charge is -2.27. The van der Waals surface area contributed by atoms with Crippen molar-refractivity contribution in [1.29, 1.82) is 0 Å². The number of nitrogens with zero attached hydrogens (tertiary/aromatic N) is 4. The van der Waals surface area contributed by atoms with Gasteiger partial charge in [0, 0.05) is 29.9 Å². The number of carbonyl (C=O) groups excluding carboxylic acids is 1. The van der Waals surface area contributed by atoms with Crippen LogP contribution >= 0.6 is 11.8 Å². The van der Waals surface area contributed by atoms with Gasteiger partial charge in [0.1, 0.15) is 12.4 Å². The number of thioether (sulfide) groups is 1. The summed E-state index contributed by atoms with van der Waals surface area (Å²) in [6, 6.07) is 9.66. The Morgan fingerprint density at radius 3 is 2.68 bits per heavy atom. The zero-order valence-corrected chi connectivity index (χ0v) is 19.4. The molecule has 1 aromatic carbocycles. The Hall–Kier alpha value is -2.74. The maximum atomic E-state index is 13.0. The van der Waals surface area contributed by atoms with Crippen LogP contribution in [-0.2, 0) is 13.6 Å². The number of para-hydroxylation sites is 2. The van der Waals surface area contributed by atoms with E-state index in [1.807, 2.05) is 55.8 Å². The second-order valence-electron chi connectivity index (χ2n) is 8.16. The predicted octanol–water partition coefficient (Wildman–Crippen LogP) is 4.17. The highest BCUT2D eigenvalue weighted by Crippen LogP contribution is 2.32. The van der Waals surface area contributed by atoms with Crippen molar-refractivity contribution in [2.45, 2.75) is 51.4 Å². The van der Waals surface area contributed by atoms with Crippen LogP contribution in [0, 0.1) is 13.8 Å². The van der Waals surface area contributed by atoms with E-state index in [0.717, 1.165) is 39.4 Å². The number of fused-ring (bicyclic) bond motifs is 1. The van der Waals surface area contributed by atoms with Gasteiger partial charge in [0.05, 0.1) is 12.3 Å². The summed E-state index contributed by atoms with van der Waals surface area (Å²) in [6.45, 7) is 9.29. The molecule has 2 aromatic heterocycles. The standard InChI is InChI=1S/C23H28N4O3S/c1-14(2)22-24-25-23(26(22)5)31-13-19(28)18-10-15(3)27(16(18)4)11-17-12-29-20-8-6-7-9-21(20)30-17/h6-10,14,17H,11-13H2,1-5H3. The molecule has 0 N–H and O–H groups in total. The molecule has 4 rings (SSSR count). The van der Waals surface area contributed by atoms with E-state index in [0.29, 0.717) is 24.8 Å². The molecule has 1 atom stereocenters. The van der Waals surface area contributed by atoms with Crippen molar-refractivity contribution < 1.29 is 14.3 Å². The average molecular weight is 441 g/mol. The van der Waals surface area contributed by atoms with Crippen LogP contribution < -0.4 is 9.47 Å². The molecule has 0 amide bonds. The smallest absolute Gasteiger partial charge is 0.191 e. The molecule has 31 heavy (non-hydrogen) atoms. The minimum absolute atomic E-state index is 0.0876. The van der Waals surface area contributed by atoms with Gasteiger partial charge in [-0.1, -0.05) is 37.7 Å². The van der Waals surface area contributed by atoms with Gasteiger partial charge in [-0.05, 0) is 32.0 Å². The third kappa shape index (κ3) is 4.35. The number of ether oxygens (including phenoxy) is 2. The number of rotatable bonds is 7. The number of benzene rings is 1. The largest absolute Gasteiger partial charge is 0.486 e. The van der Waals surface area contributed by atoms with E-state index < -0.39 is 0 Å². The Morgan fingerprint density at radius 1 is 1.23 bits per heavy atom. The second kappa shape index (κ2) is 8.78. The summed E-state index contributed by atoms with van der Waals surface area (Å²) in [6.07, 6.45) is -0.106. The highest BCUT2D eigenvalue weighted by atomic mass is 32.2. The molecule has 0 saturated carbocycles. The van der Waals surface area contributed by atoms with Crippen molar-refractivity contribution in [3.8, 4) is 11.5 Å². The van der Waals surface area contributed by atoms with Gasteiger partial charge in [-0.25, -0.2) is 0 Å². The zero-order valence-electron chi connectivity index (χ0n) is 18.6. The van der Waals surface area contributed by atoms with Crippen LogP contribution in [0.3, 0.4) is 0 Å². The molecule has 3 aromatic rings. The number of carbonyl (C=O) groups is 1. The molecule has 7 nitrogen and oxygen atoms in total. The molecule has 0 saturated heterocycles. The quantitative estimate of drug-likeness (QED) is 0.406. The molecule has 0 radical (unpaired) electrons. The molecule has 0 aliphatic carbocycles. The lowest BCUT2D eigenvalue weighted by molar-refractivity contribution is 0.0777. The average Bonchev–Trinajstić information content (AvgIpc) is 3.26. The SMILES string of the molecule is Cc1cc(C(=O)CSc2nnc(C(C)C)n2C)c(C)n1CC1COc2ccccc2O1. The summed E-state index contributed by atoms with van der Waals surface area (Å²) in [5, 5.41) is 9.23. The van der Waals surface area contributed by atoms with E-state index in [4.69, 9.17) is 9.47 Å². The van der Waals surface area contributed by atoms with Crippen LogP contribution in [0.1, 0.15) is 47.3 Å². The Kier molecular flexibility index (Phi) is 6.09. The maximum Gasteiger partial charge on any atom is 0.191 e. The summed E-state index contributed by atoms with van der Waals surface area (Å²) < 4.78 is 16.0. The van der Waals surface area contributed by atoms with Crippen molar-refractivity contribution in [2.24, 2.45) is 7.05 Å². The van der Waals surface area contributed by atoms with E-state index in [1.54, 1.807) is 0 Å². The van der Waals surface area contributed by atoms with Gasteiger partial charge in [-0.15, -0.1) is 10.2 Å². The van der Waals surface area contributed by atoms with E-state index in [-0.39, 0.29) is 11.9 Å². The topological polar surface area (TPSA) is 71.2 Å². The molecular weight excluding hydrogens is 412 g/mol. The van der Waals surface area contributed by atoms with Crippen LogP contribution in [0.5, 0.6) is 11.5 Å². The Labute approximate surface area is 186 Å². The van der Waals surface area contributed by atoms with Gasteiger partial charge in [0.2, 0.25) is 0 Å². The minimum Gasteiger partial charge on any atom is -0.486 e. The first-order valence-corrected chi connectivity index (χ1v) is 11.4. The van der Waals surface area contributed by atoms with Crippen LogP contribution in [0.25, 0.3) is 0 Å². The molecule has 0 fully saturated rings. The summed E-state index contributed by atoms with van der Waals surface area (Å²) in [5.74, 6) is 3.16. The van der Waals surface area contributed by atoms with Gasteiger partial charge < -0.3 is 18.6 Å². The van der Waals surface area contributed by atoms with Crippen molar-refractivity contribution in [2.75, 3.05) is 12.4 Å². The molecule has 0 spiro atoms. The van der Waals surface area contributed by atoms with Gasteiger partial charge in [0.25, 0.3) is 0 Å². The Bertz CT molecular complexity index is 1100. The Balaban J connectivity index is 1.44. The molecule has 3 heterocycles. The van der Waals surface area contributed by atoms with Crippen molar-refractivity contribution >= 4 is 17.5 Å². The van der Waals surface area contributed by atoms with E-state index >= 15 is 0 Å². The predicted molar refractivity (Wildman–Crippen MR) is 120 cm³/mol. The van der Waals surface area contributed by atoms with Crippen molar-refractivity contribution in [3.63, 3.8) is 0 Å². The monoisotopic (exact) mass is 440 g/mol. The fourth-order valence-corrected chi connectivity index (χ4v) is 4.68. The number of hydrogen-bond acceptors (Lipinski definition) is 6. The number of aromatic nitrogens is 4. The van der Waals surface area contributed by atoms with Gasteiger partial charge >= 0.3 is 0 Å². The van der Waals surface area contributed by atoms with Crippen LogP contribution in [0.4, 0.5) is 0 Å². The normalized spacial score (nSPS) is 15.5. The highest BCUT2D eigenvalue weighted by molar-refractivity contribution is 7.99. The molecule has 1 aliphatic rings. The lowest BCUT2D eigenvalue weighted by Crippen LogP contribution is -2.33.